The third kappa shape index (κ3) is 5.15. The van der Waals surface area contributed by atoms with Gasteiger partial charge in [0.1, 0.15) is 5.82 Å². The Bertz CT molecular complexity index is 516. The number of carbonyl (C=O) groups is 2. The minimum Gasteiger partial charge on any atom is -0.479 e. The van der Waals surface area contributed by atoms with E-state index in [4.69, 9.17) is 5.11 Å². The zero-order chi connectivity index (χ0) is 16.0. The van der Waals surface area contributed by atoms with Gasteiger partial charge in [-0.05, 0) is 31.4 Å². The number of rotatable bonds is 7. The molecule has 5 nitrogen and oxygen atoms in total. The molecule has 1 rings (SSSR count). The quantitative estimate of drug-likeness (QED) is 0.709. The van der Waals surface area contributed by atoms with Crippen molar-refractivity contribution in [2.45, 2.75) is 32.3 Å². The van der Waals surface area contributed by atoms with E-state index in [1.807, 2.05) is 0 Å². The van der Waals surface area contributed by atoms with E-state index < -0.39 is 17.5 Å². The molecule has 116 valence electrons. The maximum atomic E-state index is 13.4. The molecule has 0 radical (unpaired) electrons. The molecule has 0 aliphatic rings. The largest absolute Gasteiger partial charge is 0.479 e. The molecule has 1 amide bonds. The van der Waals surface area contributed by atoms with Gasteiger partial charge in [-0.1, -0.05) is 25.1 Å². The van der Waals surface area contributed by atoms with Crippen LogP contribution in [0.25, 0.3) is 0 Å². The minimum atomic E-state index is -2.00. The number of halogens is 1. The van der Waals surface area contributed by atoms with Crippen molar-refractivity contribution in [2.24, 2.45) is 5.92 Å². The summed E-state index contributed by atoms with van der Waals surface area (Å²) in [5.74, 6) is -2.48. The second kappa shape index (κ2) is 7.17. The maximum absolute atomic E-state index is 13.4. The van der Waals surface area contributed by atoms with Gasteiger partial charge < -0.3 is 15.5 Å². The van der Waals surface area contributed by atoms with Gasteiger partial charge in [0, 0.05) is 5.92 Å². The highest BCUT2D eigenvalue weighted by Gasteiger charge is 2.30. The summed E-state index contributed by atoms with van der Waals surface area (Å²) in [5.41, 5.74) is -1.46. The second-order valence-electron chi connectivity index (χ2n) is 5.33. The Morgan fingerprint density at radius 1 is 1.38 bits per heavy atom. The first-order valence-corrected chi connectivity index (χ1v) is 6.71. The van der Waals surface area contributed by atoms with Crippen LogP contribution in [0.4, 0.5) is 4.39 Å². The first kappa shape index (κ1) is 17.1. The lowest BCUT2D eigenvalue weighted by Gasteiger charge is -2.20. The van der Waals surface area contributed by atoms with Crippen LogP contribution >= 0.6 is 0 Å². The van der Waals surface area contributed by atoms with Crippen LogP contribution in [0.5, 0.6) is 0 Å². The summed E-state index contributed by atoms with van der Waals surface area (Å²) in [4.78, 5) is 22.5. The van der Waals surface area contributed by atoms with Gasteiger partial charge in [-0.15, -0.1) is 0 Å². The maximum Gasteiger partial charge on any atom is 0.337 e. The Morgan fingerprint density at radius 2 is 2.00 bits per heavy atom. The van der Waals surface area contributed by atoms with Gasteiger partial charge in [0.25, 0.3) is 0 Å². The molecule has 2 atom stereocenters. The van der Waals surface area contributed by atoms with E-state index >= 15 is 0 Å². The van der Waals surface area contributed by atoms with Gasteiger partial charge >= 0.3 is 5.97 Å². The summed E-state index contributed by atoms with van der Waals surface area (Å²) in [6, 6.07) is 6.36. The summed E-state index contributed by atoms with van der Waals surface area (Å²) in [5, 5.41) is 20.6. The number of carboxylic acid groups (broad SMARTS) is 1. The highest BCUT2D eigenvalue weighted by Crippen LogP contribution is 2.13. The van der Waals surface area contributed by atoms with E-state index in [1.165, 1.54) is 6.07 Å². The van der Waals surface area contributed by atoms with Crippen molar-refractivity contribution in [3.63, 3.8) is 0 Å². The summed E-state index contributed by atoms with van der Waals surface area (Å²) in [7, 11) is 0. The van der Waals surface area contributed by atoms with Crippen molar-refractivity contribution >= 4 is 11.9 Å². The predicted molar refractivity (Wildman–Crippen MR) is 75.2 cm³/mol. The van der Waals surface area contributed by atoms with Crippen LogP contribution in [0.3, 0.4) is 0 Å². The molecule has 0 spiro atoms. The normalized spacial score (nSPS) is 15.0. The molecule has 21 heavy (non-hydrogen) atoms. The fourth-order valence-corrected chi connectivity index (χ4v) is 1.71. The SMILES string of the molecule is CC(CCc1ccccc1F)C(=O)NCC(C)(O)C(=O)O. The average Bonchev–Trinajstić information content (AvgIpc) is 2.43. The number of aryl methyl sites for hydroxylation is 1. The average molecular weight is 297 g/mol. The lowest BCUT2D eigenvalue weighted by molar-refractivity contribution is -0.156. The first-order chi connectivity index (χ1) is 9.74. The van der Waals surface area contributed by atoms with Crippen LogP contribution in [0.15, 0.2) is 24.3 Å². The van der Waals surface area contributed by atoms with Crippen LogP contribution in [-0.2, 0) is 16.0 Å². The second-order valence-corrected chi connectivity index (χ2v) is 5.33. The van der Waals surface area contributed by atoms with E-state index in [2.05, 4.69) is 5.32 Å². The van der Waals surface area contributed by atoms with Crippen molar-refractivity contribution in [1.82, 2.24) is 5.32 Å². The Hall–Kier alpha value is -1.95. The molecule has 1 aromatic carbocycles. The number of hydrogen-bond acceptors (Lipinski definition) is 3. The molecule has 1 aromatic rings. The third-order valence-electron chi connectivity index (χ3n) is 3.32. The van der Waals surface area contributed by atoms with Crippen molar-refractivity contribution in [1.29, 1.82) is 0 Å². The number of benzene rings is 1. The number of amides is 1. The summed E-state index contributed by atoms with van der Waals surface area (Å²) >= 11 is 0. The monoisotopic (exact) mass is 297 g/mol. The highest BCUT2D eigenvalue weighted by molar-refractivity contribution is 5.81. The van der Waals surface area contributed by atoms with Gasteiger partial charge in [-0.2, -0.15) is 0 Å². The van der Waals surface area contributed by atoms with Crippen molar-refractivity contribution in [2.75, 3.05) is 6.54 Å². The Kier molecular flexibility index (Phi) is 5.84. The zero-order valence-corrected chi connectivity index (χ0v) is 12.1. The molecule has 0 heterocycles. The van der Waals surface area contributed by atoms with E-state index in [0.29, 0.717) is 18.4 Å². The molecular weight excluding hydrogens is 277 g/mol. The molecular formula is C15H20FNO4. The molecule has 0 aliphatic heterocycles. The summed E-state index contributed by atoms with van der Waals surface area (Å²) in [6.45, 7) is 2.41. The fraction of sp³-hybridized carbons (Fsp3) is 0.467. The molecule has 0 saturated carbocycles. The standard InChI is InChI=1S/C15H20FNO4/c1-10(7-8-11-5-3-4-6-12(11)16)13(18)17-9-15(2,21)14(19)20/h3-6,10,21H,7-9H2,1-2H3,(H,17,18)(H,19,20). The van der Waals surface area contributed by atoms with Gasteiger partial charge in [0.15, 0.2) is 5.60 Å². The molecule has 0 aromatic heterocycles. The topological polar surface area (TPSA) is 86.6 Å². The molecule has 0 fully saturated rings. The number of aliphatic carboxylic acids is 1. The van der Waals surface area contributed by atoms with Gasteiger partial charge in [0.05, 0.1) is 6.54 Å². The molecule has 3 N–H and O–H groups in total. The van der Waals surface area contributed by atoms with Crippen LogP contribution in [0.2, 0.25) is 0 Å². The van der Waals surface area contributed by atoms with Gasteiger partial charge in [-0.3, -0.25) is 4.79 Å². The highest BCUT2D eigenvalue weighted by atomic mass is 19.1. The summed E-state index contributed by atoms with van der Waals surface area (Å²) in [6.07, 6.45) is 0.846. The Morgan fingerprint density at radius 3 is 2.57 bits per heavy atom. The lowest BCUT2D eigenvalue weighted by atomic mass is 9.99. The molecule has 0 bridgehead atoms. The minimum absolute atomic E-state index is 0.307. The lowest BCUT2D eigenvalue weighted by Crippen LogP contribution is -2.47. The van der Waals surface area contributed by atoms with E-state index in [9.17, 15) is 19.1 Å². The van der Waals surface area contributed by atoms with Crippen molar-refractivity contribution in [3.05, 3.63) is 35.6 Å². The molecule has 6 heteroatoms. The van der Waals surface area contributed by atoms with Crippen molar-refractivity contribution in [3.8, 4) is 0 Å². The number of nitrogens with one attached hydrogen (secondary N) is 1. The number of aliphatic hydroxyl groups is 1. The van der Waals surface area contributed by atoms with Crippen molar-refractivity contribution < 1.29 is 24.2 Å². The van der Waals surface area contributed by atoms with Gasteiger partial charge in [-0.25, -0.2) is 9.18 Å². The van der Waals surface area contributed by atoms with Crippen LogP contribution in [0.1, 0.15) is 25.8 Å². The number of carbonyl (C=O) groups excluding carboxylic acids is 1. The van der Waals surface area contributed by atoms with Crippen LogP contribution in [0, 0.1) is 11.7 Å². The van der Waals surface area contributed by atoms with E-state index in [-0.39, 0.29) is 18.3 Å². The zero-order valence-electron chi connectivity index (χ0n) is 12.1. The number of carboxylic acids is 1. The molecule has 0 aliphatic carbocycles. The van der Waals surface area contributed by atoms with Crippen LogP contribution < -0.4 is 5.32 Å². The Labute approximate surface area is 122 Å². The third-order valence-corrected chi connectivity index (χ3v) is 3.32. The Balaban J connectivity index is 2.45. The molecule has 2 unspecified atom stereocenters. The van der Waals surface area contributed by atoms with E-state index in [0.717, 1.165) is 6.92 Å². The number of hydrogen-bond donors (Lipinski definition) is 3. The smallest absolute Gasteiger partial charge is 0.337 e. The summed E-state index contributed by atoms with van der Waals surface area (Å²) < 4.78 is 13.4. The van der Waals surface area contributed by atoms with E-state index in [1.54, 1.807) is 25.1 Å². The first-order valence-electron chi connectivity index (χ1n) is 6.71. The predicted octanol–water partition coefficient (Wildman–Crippen LogP) is 1.35. The van der Waals surface area contributed by atoms with Gasteiger partial charge in [0.2, 0.25) is 5.91 Å². The molecule has 0 saturated heterocycles. The fourth-order valence-electron chi connectivity index (χ4n) is 1.71. The van der Waals surface area contributed by atoms with Crippen LogP contribution in [-0.4, -0.2) is 34.2 Å².